The molecule has 2 rings (SSSR count). The van der Waals surface area contributed by atoms with Crippen LogP contribution < -0.4 is 4.74 Å². The Morgan fingerprint density at radius 3 is 2.71 bits per heavy atom. The maximum absolute atomic E-state index is 12.1. The summed E-state index contributed by atoms with van der Waals surface area (Å²) in [6, 6.07) is 7.67. The summed E-state index contributed by atoms with van der Waals surface area (Å²) in [7, 11) is 3.57. The van der Waals surface area contributed by atoms with Crippen LogP contribution in [-0.2, 0) is 24.7 Å². The number of ether oxygens (including phenoxy) is 1. The van der Waals surface area contributed by atoms with Gasteiger partial charge < -0.3 is 4.74 Å². The number of rotatable bonds is 6. The van der Waals surface area contributed by atoms with Gasteiger partial charge in [-0.1, -0.05) is 12.1 Å². The van der Waals surface area contributed by atoms with Crippen molar-refractivity contribution in [3.05, 3.63) is 46.8 Å². The third-order valence-electron chi connectivity index (χ3n) is 3.85. The van der Waals surface area contributed by atoms with Gasteiger partial charge in [-0.3, -0.25) is 9.48 Å². The molecule has 0 amide bonds. The highest BCUT2D eigenvalue weighted by molar-refractivity contribution is 5.81. The van der Waals surface area contributed by atoms with E-state index in [-0.39, 0.29) is 5.78 Å². The first-order valence-corrected chi connectivity index (χ1v) is 7.15. The number of Topliss-reactive ketones (excluding diaryl/α,β-unsaturated/α-hetero) is 1. The number of ketones is 1. The fraction of sp³-hybridized carbons (Fsp3) is 0.412. The van der Waals surface area contributed by atoms with Gasteiger partial charge in [0.15, 0.2) is 0 Å². The Kier molecular flexibility index (Phi) is 4.78. The molecule has 1 heterocycles. The monoisotopic (exact) mass is 286 g/mol. The molecule has 2 aromatic rings. The molecule has 0 atom stereocenters. The number of aryl methyl sites for hydroxylation is 2. The fourth-order valence-electron chi connectivity index (χ4n) is 2.54. The molecule has 21 heavy (non-hydrogen) atoms. The maximum atomic E-state index is 12.1. The van der Waals surface area contributed by atoms with E-state index >= 15 is 0 Å². The van der Waals surface area contributed by atoms with Gasteiger partial charge in [-0.2, -0.15) is 5.10 Å². The van der Waals surface area contributed by atoms with Crippen LogP contribution in [0.3, 0.4) is 0 Å². The predicted octanol–water partition coefficient (Wildman–Crippen LogP) is 2.79. The van der Waals surface area contributed by atoms with E-state index in [1.165, 1.54) is 5.56 Å². The lowest BCUT2D eigenvalue weighted by Gasteiger charge is -2.05. The van der Waals surface area contributed by atoms with Crippen LogP contribution in [0, 0.1) is 13.8 Å². The van der Waals surface area contributed by atoms with Gasteiger partial charge in [-0.25, -0.2) is 0 Å². The zero-order chi connectivity index (χ0) is 15.4. The van der Waals surface area contributed by atoms with Crippen molar-refractivity contribution in [1.82, 2.24) is 9.78 Å². The molecule has 0 aliphatic heterocycles. The summed E-state index contributed by atoms with van der Waals surface area (Å²) in [5, 5.41) is 4.38. The van der Waals surface area contributed by atoms with Crippen molar-refractivity contribution < 1.29 is 9.53 Å². The Balaban J connectivity index is 1.96. The molecule has 112 valence electrons. The standard InChI is InChI=1S/C17H22N2O2/c1-12-17(13(2)19(3)18-12)9-8-15(20)10-14-6-5-7-16(11-14)21-4/h5-7,11H,8-10H2,1-4H3. The second kappa shape index (κ2) is 6.57. The summed E-state index contributed by atoms with van der Waals surface area (Å²) >= 11 is 0. The van der Waals surface area contributed by atoms with Crippen LogP contribution in [0.5, 0.6) is 5.75 Å². The number of carbonyl (C=O) groups excluding carboxylic acids is 1. The molecule has 1 aromatic heterocycles. The molecular formula is C17H22N2O2. The molecule has 0 saturated heterocycles. The number of aromatic nitrogens is 2. The molecule has 1 aromatic carbocycles. The van der Waals surface area contributed by atoms with Gasteiger partial charge in [0.1, 0.15) is 11.5 Å². The SMILES string of the molecule is COc1cccc(CC(=O)CCc2c(C)nn(C)c2C)c1. The highest BCUT2D eigenvalue weighted by Gasteiger charge is 2.12. The first-order valence-electron chi connectivity index (χ1n) is 7.15. The van der Waals surface area contributed by atoms with Gasteiger partial charge >= 0.3 is 0 Å². The smallest absolute Gasteiger partial charge is 0.137 e. The van der Waals surface area contributed by atoms with Gasteiger partial charge in [0.05, 0.1) is 12.8 Å². The zero-order valence-electron chi connectivity index (χ0n) is 13.1. The van der Waals surface area contributed by atoms with Crippen LogP contribution >= 0.6 is 0 Å². The first kappa shape index (κ1) is 15.3. The number of benzene rings is 1. The van der Waals surface area contributed by atoms with E-state index in [1.807, 2.05) is 49.8 Å². The molecule has 0 unspecified atom stereocenters. The molecule has 0 spiro atoms. The topological polar surface area (TPSA) is 44.1 Å². The Hall–Kier alpha value is -2.10. The summed E-state index contributed by atoms with van der Waals surface area (Å²) < 4.78 is 7.05. The maximum Gasteiger partial charge on any atom is 0.137 e. The molecule has 0 aliphatic rings. The number of carbonyl (C=O) groups is 1. The minimum atomic E-state index is 0.242. The second-order valence-corrected chi connectivity index (χ2v) is 5.34. The molecule has 0 saturated carbocycles. The lowest BCUT2D eigenvalue weighted by molar-refractivity contribution is -0.118. The van der Waals surface area contributed by atoms with E-state index in [2.05, 4.69) is 5.10 Å². The number of methoxy groups -OCH3 is 1. The van der Waals surface area contributed by atoms with Gasteiger partial charge in [-0.15, -0.1) is 0 Å². The summed E-state index contributed by atoms with van der Waals surface area (Å²) in [5.41, 5.74) is 4.35. The van der Waals surface area contributed by atoms with E-state index in [0.29, 0.717) is 12.8 Å². The largest absolute Gasteiger partial charge is 0.497 e. The molecule has 0 bridgehead atoms. The fourth-order valence-corrected chi connectivity index (χ4v) is 2.54. The van der Waals surface area contributed by atoms with Crippen LogP contribution in [0.1, 0.15) is 28.9 Å². The highest BCUT2D eigenvalue weighted by atomic mass is 16.5. The second-order valence-electron chi connectivity index (χ2n) is 5.34. The number of nitrogens with zero attached hydrogens (tertiary/aromatic N) is 2. The van der Waals surface area contributed by atoms with Crippen LogP contribution in [-0.4, -0.2) is 22.7 Å². The predicted molar refractivity (Wildman–Crippen MR) is 82.7 cm³/mol. The number of hydrogen-bond acceptors (Lipinski definition) is 3. The quantitative estimate of drug-likeness (QED) is 0.820. The molecule has 0 radical (unpaired) electrons. The van der Waals surface area contributed by atoms with Crippen molar-refractivity contribution in [2.75, 3.05) is 7.11 Å². The Morgan fingerprint density at radius 1 is 1.33 bits per heavy atom. The minimum absolute atomic E-state index is 0.242. The first-order chi connectivity index (χ1) is 10.0. The van der Waals surface area contributed by atoms with Crippen molar-refractivity contribution in [3.8, 4) is 5.75 Å². The molecule has 0 N–H and O–H groups in total. The molecular weight excluding hydrogens is 264 g/mol. The Labute approximate surface area is 125 Å². The normalized spacial score (nSPS) is 10.7. The van der Waals surface area contributed by atoms with Crippen LogP contribution in [0.25, 0.3) is 0 Å². The highest BCUT2D eigenvalue weighted by Crippen LogP contribution is 2.16. The summed E-state index contributed by atoms with van der Waals surface area (Å²) in [4.78, 5) is 12.1. The summed E-state index contributed by atoms with van der Waals surface area (Å²) in [5.74, 6) is 1.03. The summed E-state index contributed by atoms with van der Waals surface area (Å²) in [6.07, 6.45) is 1.76. The van der Waals surface area contributed by atoms with Crippen molar-refractivity contribution in [2.45, 2.75) is 33.1 Å². The van der Waals surface area contributed by atoms with E-state index in [9.17, 15) is 4.79 Å². The summed E-state index contributed by atoms with van der Waals surface area (Å²) in [6.45, 7) is 4.04. The van der Waals surface area contributed by atoms with Crippen molar-refractivity contribution in [2.24, 2.45) is 7.05 Å². The van der Waals surface area contributed by atoms with Gasteiger partial charge in [-0.05, 0) is 43.5 Å². The molecule has 4 nitrogen and oxygen atoms in total. The number of hydrogen-bond donors (Lipinski definition) is 0. The van der Waals surface area contributed by atoms with Crippen molar-refractivity contribution in [3.63, 3.8) is 0 Å². The average molecular weight is 286 g/mol. The lowest BCUT2D eigenvalue weighted by atomic mass is 10.0. The third-order valence-corrected chi connectivity index (χ3v) is 3.85. The minimum Gasteiger partial charge on any atom is -0.497 e. The van der Waals surface area contributed by atoms with Crippen molar-refractivity contribution in [1.29, 1.82) is 0 Å². The molecule has 0 fully saturated rings. The Morgan fingerprint density at radius 2 is 2.10 bits per heavy atom. The van der Waals surface area contributed by atoms with Gasteiger partial charge in [0, 0.05) is 25.6 Å². The zero-order valence-corrected chi connectivity index (χ0v) is 13.1. The average Bonchev–Trinajstić information content (AvgIpc) is 2.70. The Bertz CT molecular complexity index is 644. The van der Waals surface area contributed by atoms with E-state index in [0.717, 1.165) is 29.1 Å². The van der Waals surface area contributed by atoms with Gasteiger partial charge in [0.2, 0.25) is 0 Å². The van der Waals surface area contributed by atoms with E-state index < -0.39 is 0 Å². The third kappa shape index (κ3) is 3.72. The lowest BCUT2D eigenvalue weighted by Crippen LogP contribution is -2.05. The molecule has 4 heteroatoms. The van der Waals surface area contributed by atoms with E-state index in [1.54, 1.807) is 7.11 Å². The van der Waals surface area contributed by atoms with Gasteiger partial charge in [0.25, 0.3) is 0 Å². The van der Waals surface area contributed by atoms with Crippen LogP contribution in [0.15, 0.2) is 24.3 Å². The molecule has 0 aliphatic carbocycles. The van der Waals surface area contributed by atoms with Crippen molar-refractivity contribution >= 4 is 5.78 Å². The van der Waals surface area contributed by atoms with E-state index in [4.69, 9.17) is 4.74 Å². The van der Waals surface area contributed by atoms with Crippen LogP contribution in [0.2, 0.25) is 0 Å². The van der Waals surface area contributed by atoms with Crippen LogP contribution in [0.4, 0.5) is 0 Å².